The number of pyridine rings is 1. The molecule has 2 amide bonds. The summed E-state index contributed by atoms with van der Waals surface area (Å²) in [6.07, 6.45) is 7.36. The lowest BCUT2D eigenvalue weighted by Gasteiger charge is -2.30. The molecule has 0 aliphatic rings. The highest BCUT2D eigenvalue weighted by atomic mass is 32.2. The Morgan fingerprint density at radius 3 is 2.39 bits per heavy atom. The zero-order chi connectivity index (χ0) is 23.1. The van der Waals surface area contributed by atoms with Gasteiger partial charge < -0.3 is 5.73 Å². The quantitative estimate of drug-likeness (QED) is 0.391. The molecule has 0 bridgehead atoms. The van der Waals surface area contributed by atoms with E-state index in [9.17, 15) is 4.79 Å². The number of thioether (sulfide) groups is 2. The van der Waals surface area contributed by atoms with Gasteiger partial charge in [-0.15, -0.1) is 23.5 Å². The number of carbonyl (C=O) groups is 1. The van der Waals surface area contributed by atoms with Crippen molar-refractivity contribution in [2.45, 2.75) is 69.7 Å². The minimum Gasteiger partial charge on any atom is -0.351 e. The molecule has 0 fully saturated rings. The molecule has 1 aromatic heterocycles. The number of primary amides is 1. The third-order valence-electron chi connectivity index (χ3n) is 5.61. The zero-order valence-electron chi connectivity index (χ0n) is 20.0. The van der Waals surface area contributed by atoms with Gasteiger partial charge in [-0.05, 0) is 62.8 Å². The second-order valence-electron chi connectivity index (χ2n) is 8.65. The Morgan fingerprint density at radius 1 is 1.10 bits per heavy atom. The zero-order valence-corrected chi connectivity index (χ0v) is 21.6. The van der Waals surface area contributed by atoms with Crippen molar-refractivity contribution >= 4 is 35.2 Å². The molecule has 1 aromatic carbocycles. The fourth-order valence-electron chi connectivity index (χ4n) is 3.98. The van der Waals surface area contributed by atoms with Crippen LogP contribution in [0.3, 0.4) is 0 Å². The topological polar surface area (TPSA) is 59.2 Å². The molecule has 2 N–H and O–H groups in total. The number of amides is 2. The largest absolute Gasteiger partial charge is 0.351 e. The van der Waals surface area contributed by atoms with Gasteiger partial charge in [0.2, 0.25) is 0 Å². The smallest absolute Gasteiger partial charge is 0.319 e. The van der Waals surface area contributed by atoms with Crippen LogP contribution < -0.4 is 10.6 Å². The normalized spacial score (nSPS) is 12.3. The summed E-state index contributed by atoms with van der Waals surface area (Å²) in [5, 5.41) is 0.852. The van der Waals surface area contributed by atoms with Gasteiger partial charge in [-0.25, -0.2) is 9.78 Å². The van der Waals surface area contributed by atoms with E-state index in [0.717, 1.165) is 34.1 Å². The first kappa shape index (κ1) is 25.6. The maximum absolute atomic E-state index is 12.7. The molecule has 0 saturated carbocycles. The third-order valence-corrected chi connectivity index (χ3v) is 7.04. The van der Waals surface area contributed by atoms with Gasteiger partial charge >= 0.3 is 6.03 Å². The van der Waals surface area contributed by atoms with Gasteiger partial charge in [0.05, 0.1) is 5.69 Å². The van der Waals surface area contributed by atoms with Gasteiger partial charge in [-0.2, -0.15) is 0 Å². The summed E-state index contributed by atoms with van der Waals surface area (Å²) < 4.78 is 0. The molecular weight excluding hydrogens is 422 g/mol. The molecule has 2 aromatic rings. The summed E-state index contributed by atoms with van der Waals surface area (Å²) in [7, 11) is 0. The predicted octanol–water partition coefficient (Wildman–Crippen LogP) is 6.95. The molecule has 0 radical (unpaired) electrons. The summed E-state index contributed by atoms with van der Waals surface area (Å²) in [6.45, 7) is 11.4. The molecule has 4 nitrogen and oxygen atoms in total. The van der Waals surface area contributed by atoms with Gasteiger partial charge in [0.25, 0.3) is 0 Å². The predicted molar refractivity (Wildman–Crippen MR) is 137 cm³/mol. The van der Waals surface area contributed by atoms with Crippen molar-refractivity contribution in [1.82, 2.24) is 4.98 Å². The van der Waals surface area contributed by atoms with Gasteiger partial charge in [-0.3, -0.25) is 4.90 Å². The van der Waals surface area contributed by atoms with Crippen molar-refractivity contribution in [3.63, 3.8) is 0 Å². The van der Waals surface area contributed by atoms with Crippen LogP contribution in [0.25, 0.3) is 0 Å². The van der Waals surface area contributed by atoms with Crippen LogP contribution in [0.1, 0.15) is 61.4 Å². The van der Waals surface area contributed by atoms with Crippen LogP contribution in [0.15, 0.2) is 34.2 Å². The third kappa shape index (κ3) is 6.91. The number of carbonyl (C=O) groups excluding carboxylic acids is 1. The lowest BCUT2D eigenvalue weighted by Crippen LogP contribution is -2.40. The lowest BCUT2D eigenvalue weighted by atomic mass is 9.87. The Labute approximate surface area is 196 Å². The molecule has 2 rings (SSSR count). The molecule has 0 saturated heterocycles. The van der Waals surface area contributed by atoms with Crippen molar-refractivity contribution in [2.75, 3.05) is 24.0 Å². The maximum Gasteiger partial charge on any atom is 0.319 e. The van der Waals surface area contributed by atoms with Crippen molar-refractivity contribution in [3.05, 3.63) is 46.6 Å². The molecule has 6 heteroatoms. The van der Waals surface area contributed by atoms with E-state index < -0.39 is 6.03 Å². The van der Waals surface area contributed by atoms with E-state index in [1.807, 2.05) is 25.5 Å². The summed E-state index contributed by atoms with van der Waals surface area (Å²) in [6, 6.07) is 8.23. The first-order valence-electron chi connectivity index (χ1n) is 10.9. The van der Waals surface area contributed by atoms with E-state index in [-0.39, 0.29) is 5.92 Å². The Balaban J connectivity index is 2.51. The van der Waals surface area contributed by atoms with Crippen molar-refractivity contribution in [3.8, 4) is 0 Å². The number of anilines is 1. The van der Waals surface area contributed by atoms with E-state index >= 15 is 0 Å². The Morgan fingerprint density at radius 2 is 1.81 bits per heavy atom. The maximum atomic E-state index is 12.7. The highest BCUT2D eigenvalue weighted by molar-refractivity contribution is 7.99. The molecule has 31 heavy (non-hydrogen) atoms. The Kier molecular flexibility index (Phi) is 9.76. The van der Waals surface area contributed by atoms with Crippen molar-refractivity contribution < 1.29 is 4.79 Å². The highest BCUT2D eigenvalue weighted by Crippen LogP contribution is 2.38. The fraction of sp³-hybridized carbons (Fsp3) is 0.520. The standard InChI is InChI=1S/C25H37N3OS2/c1-16(2)9-8-10-20(21-13-17(3)11-12-18(21)4)15-28(25(26)29)23-22(30-6)14-19(5)27-24(23)31-7/h11-14,16,20H,8-10,15H2,1-7H3,(H2,26,29). The summed E-state index contributed by atoms with van der Waals surface area (Å²) in [5.41, 5.74) is 11.6. The van der Waals surface area contributed by atoms with Crippen LogP contribution in [0, 0.1) is 26.7 Å². The first-order chi connectivity index (χ1) is 14.7. The van der Waals surface area contributed by atoms with E-state index in [2.05, 4.69) is 45.9 Å². The first-order valence-corrected chi connectivity index (χ1v) is 13.4. The monoisotopic (exact) mass is 459 g/mol. The van der Waals surface area contributed by atoms with Crippen LogP contribution in [-0.2, 0) is 0 Å². The second kappa shape index (κ2) is 11.8. The van der Waals surface area contributed by atoms with Gasteiger partial charge in [-0.1, -0.05) is 50.5 Å². The molecule has 0 aliphatic carbocycles. The number of hydrogen-bond acceptors (Lipinski definition) is 4. The average molecular weight is 460 g/mol. The summed E-state index contributed by atoms with van der Waals surface area (Å²) >= 11 is 3.19. The molecule has 0 spiro atoms. The van der Waals surface area contributed by atoms with Crippen LogP contribution in [0.4, 0.5) is 10.5 Å². The summed E-state index contributed by atoms with van der Waals surface area (Å²) in [5.74, 6) is 0.885. The molecular formula is C25H37N3OS2. The van der Waals surface area contributed by atoms with Crippen molar-refractivity contribution in [2.24, 2.45) is 11.7 Å². The molecule has 0 aliphatic heterocycles. The molecule has 1 unspecified atom stereocenters. The van der Waals surface area contributed by atoms with Gasteiger partial charge in [0.1, 0.15) is 5.03 Å². The SMILES string of the molecule is CSc1cc(C)nc(SC)c1N(CC(CCCC(C)C)c1cc(C)ccc1C)C(N)=O. The van der Waals surface area contributed by atoms with E-state index in [1.54, 1.807) is 28.4 Å². The number of nitrogens with two attached hydrogens (primary N) is 1. The number of benzene rings is 1. The highest BCUT2D eigenvalue weighted by Gasteiger charge is 2.26. The molecule has 170 valence electrons. The minimum absolute atomic E-state index is 0.219. The van der Waals surface area contributed by atoms with E-state index in [4.69, 9.17) is 10.7 Å². The Bertz CT molecular complexity index is 873. The number of nitrogens with zero attached hydrogens (tertiary/aromatic N) is 2. The molecule has 1 heterocycles. The second-order valence-corrected chi connectivity index (χ2v) is 10.3. The average Bonchev–Trinajstić information content (AvgIpc) is 2.71. The molecule has 1 atom stereocenters. The number of rotatable bonds is 10. The van der Waals surface area contributed by atoms with E-state index in [0.29, 0.717) is 12.5 Å². The number of hydrogen-bond donors (Lipinski definition) is 1. The number of aromatic nitrogens is 1. The van der Waals surface area contributed by atoms with Crippen LogP contribution in [0.5, 0.6) is 0 Å². The van der Waals surface area contributed by atoms with E-state index in [1.165, 1.54) is 23.1 Å². The number of aryl methyl sites for hydroxylation is 3. The Hall–Kier alpha value is -1.66. The van der Waals surface area contributed by atoms with Crippen molar-refractivity contribution in [1.29, 1.82) is 0 Å². The van der Waals surface area contributed by atoms with Gasteiger partial charge in [0, 0.05) is 23.1 Å². The summed E-state index contributed by atoms with van der Waals surface area (Å²) in [4.78, 5) is 20.2. The van der Waals surface area contributed by atoms with Gasteiger partial charge in [0.15, 0.2) is 0 Å². The van der Waals surface area contributed by atoms with Crippen LogP contribution >= 0.6 is 23.5 Å². The fourth-order valence-corrected chi connectivity index (χ4v) is 5.39. The van der Waals surface area contributed by atoms with Crippen LogP contribution in [-0.4, -0.2) is 30.1 Å². The minimum atomic E-state index is -0.421. The van der Waals surface area contributed by atoms with Crippen LogP contribution in [0.2, 0.25) is 0 Å². The number of urea groups is 1. The lowest BCUT2D eigenvalue weighted by molar-refractivity contribution is 0.253.